The third kappa shape index (κ3) is 2.62. The molecule has 0 aliphatic rings. The lowest BCUT2D eigenvalue weighted by atomic mass is 10.4. The molecule has 0 unspecified atom stereocenters. The van der Waals surface area contributed by atoms with Gasteiger partial charge in [0, 0.05) is 0 Å². The second-order valence-electron chi connectivity index (χ2n) is 3.28. The van der Waals surface area contributed by atoms with E-state index in [9.17, 15) is 16.8 Å². The van der Waals surface area contributed by atoms with Crippen molar-refractivity contribution >= 4 is 19.7 Å². The van der Waals surface area contributed by atoms with E-state index in [-0.39, 0.29) is 21.3 Å². The van der Waals surface area contributed by atoms with Crippen LogP contribution in [0.5, 0.6) is 0 Å². The van der Waals surface area contributed by atoms with Crippen LogP contribution in [-0.4, -0.2) is 28.3 Å². The van der Waals surface area contributed by atoms with E-state index in [1.54, 1.807) is 0 Å². The molecule has 0 amide bonds. The smallest absolute Gasteiger partial charge is 0.178 e. The van der Waals surface area contributed by atoms with Crippen molar-refractivity contribution in [1.29, 1.82) is 0 Å². The minimum absolute atomic E-state index is 0.0391. The average Bonchev–Trinajstić information content (AvgIpc) is 2.29. The first-order valence-corrected chi connectivity index (χ1v) is 8.19. The summed E-state index contributed by atoms with van der Waals surface area (Å²) < 4.78 is 46.3. The molecule has 0 aliphatic carbocycles. The lowest BCUT2D eigenvalue weighted by Gasteiger charge is -2.04. The minimum atomic E-state index is -3.35. The highest BCUT2D eigenvalue weighted by Gasteiger charge is 2.16. The summed E-state index contributed by atoms with van der Waals surface area (Å²) in [7, 11) is -6.71. The van der Waals surface area contributed by atoms with Crippen molar-refractivity contribution in [3.63, 3.8) is 0 Å². The molecular formula is C10H14O4S2. The van der Waals surface area contributed by atoms with Crippen LogP contribution in [0.25, 0.3) is 0 Å². The molecule has 0 spiro atoms. The molecule has 0 aliphatic heterocycles. The zero-order valence-electron chi connectivity index (χ0n) is 9.17. The standard InChI is InChI=1S/C10H14O4S2/c1-3-15(11,12)9-6-5-7-10(8-9)16(13,14)4-2/h5-8H,3-4H2,1-2H3. The van der Waals surface area contributed by atoms with Crippen LogP contribution >= 0.6 is 0 Å². The Kier molecular flexibility index (Phi) is 3.75. The Morgan fingerprint density at radius 1 is 0.875 bits per heavy atom. The Hall–Kier alpha value is -0.880. The first kappa shape index (κ1) is 13.2. The van der Waals surface area contributed by atoms with Crippen LogP contribution in [0, 0.1) is 0 Å². The number of sulfone groups is 2. The Labute approximate surface area is 96.1 Å². The van der Waals surface area contributed by atoms with Crippen molar-refractivity contribution in [2.75, 3.05) is 11.5 Å². The fourth-order valence-electron chi connectivity index (χ4n) is 1.19. The normalized spacial score (nSPS) is 12.6. The molecule has 6 heteroatoms. The summed E-state index contributed by atoms with van der Waals surface area (Å²) in [6.07, 6.45) is 0. The monoisotopic (exact) mass is 262 g/mol. The first-order valence-electron chi connectivity index (χ1n) is 4.89. The summed E-state index contributed by atoms with van der Waals surface area (Å²) in [6.45, 7) is 3.05. The van der Waals surface area contributed by atoms with Gasteiger partial charge in [-0.2, -0.15) is 0 Å². The molecule has 0 bridgehead atoms. The fourth-order valence-corrected chi connectivity index (χ4v) is 3.12. The van der Waals surface area contributed by atoms with Gasteiger partial charge in [0.1, 0.15) is 0 Å². The summed E-state index contributed by atoms with van der Waals surface area (Å²) >= 11 is 0. The highest BCUT2D eigenvalue weighted by molar-refractivity contribution is 7.92. The van der Waals surface area contributed by atoms with Crippen LogP contribution in [0.4, 0.5) is 0 Å². The van der Waals surface area contributed by atoms with Crippen molar-refractivity contribution in [1.82, 2.24) is 0 Å². The third-order valence-electron chi connectivity index (χ3n) is 2.28. The average molecular weight is 262 g/mol. The Bertz CT molecular complexity index is 521. The van der Waals surface area contributed by atoms with Gasteiger partial charge in [-0.25, -0.2) is 16.8 Å². The van der Waals surface area contributed by atoms with Gasteiger partial charge in [-0.05, 0) is 18.2 Å². The maximum absolute atomic E-state index is 11.6. The number of hydrogen-bond donors (Lipinski definition) is 0. The predicted octanol–water partition coefficient (Wildman–Crippen LogP) is 1.27. The van der Waals surface area contributed by atoms with Crippen LogP contribution in [0.1, 0.15) is 13.8 Å². The van der Waals surface area contributed by atoms with Gasteiger partial charge in [0.2, 0.25) is 0 Å². The predicted molar refractivity (Wildman–Crippen MR) is 61.9 cm³/mol. The number of rotatable bonds is 4. The molecule has 1 rings (SSSR count). The van der Waals surface area contributed by atoms with Crippen LogP contribution < -0.4 is 0 Å². The molecule has 0 atom stereocenters. The van der Waals surface area contributed by atoms with E-state index in [1.165, 1.54) is 38.1 Å². The summed E-state index contributed by atoms with van der Waals surface area (Å²) in [4.78, 5) is 0.119. The molecule has 16 heavy (non-hydrogen) atoms. The lowest BCUT2D eigenvalue weighted by Crippen LogP contribution is -2.07. The van der Waals surface area contributed by atoms with Gasteiger partial charge in [-0.15, -0.1) is 0 Å². The van der Waals surface area contributed by atoms with Gasteiger partial charge in [-0.3, -0.25) is 0 Å². The van der Waals surface area contributed by atoms with E-state index in [0.717, 1.165) is 0 Å². The molecule has 0 radical (unpaired) electrons. The summed E-state index contributed by atoms with van der Waals surface area (Å²) in [6, 6.07) is 5.49. The van der Waals surface area contributed by atoms with Gasteiger partial charge in [0.25, 0.3) is 0 Å². The van der Waals surface area contributed by atoms with Crippen LogP contribution in [0.3, 0.4) is 0 Å². The van der Waals surface area contributed by atoms with Gasteiger partial charge in [0.05, 0.1) is 21.3 Å². The zero-order valence-corrected chi connectivity index (χ0v) is 10.8. The van der Waals surface area contributed by atoms with Gasteiger partial charge < -0.3 is 0 Å². The maximum Gasteiger partial charge on any atom is 0.178 e. The van der Waals surface area contributed by atoms with E-state index in [4.69, 9.17) is 0 Å². The molecule has 0 heterocycles. The van der Waals surface area contributed by atoms with E-state index in [0.29, 0.717) is 0 Å². The minimum Gasteiger partial charge on any atom is -0.224 e. The van der Waals surface area contributed by atoms with Crippen molar-refractivity contribution < 1.29 is 16.8 Å². The highest BCUT2D eigenvalue weighted by atomic mass is 32.2. The second kappa shape index (κ2) is 4.55. The van der Waals surface area contributed by atoms with Crippen LogP contribution in [0.15, 0.2) is 34.1 Å². The number of hydrogen-bond acceptors (Lipinski definition) is 4. The van der Waals surface area contributed by atoms with E-state index >= 15 is 0 Å². The molecule has 1 aromatic carbocycles. The Morgan fingerprint density at radius 2 is 1.25 bits per heavy atom. The molecular weight excluding hydrogens is 248 g/mol. The Morgan fingerprint density at radius 3 is 1.56 bits per heavy atom. The van der Waals surface area contributed by atoms with Gasteiger partial charge >= 0.3 is 0 Å². The second-order valence-corrected chi connectivity index (χ2v) is 7.84. The molecule has 1 aromatic rings. The zero-order chi connectivity index (χ0) is 12.4. The molecule has 0 saturated carbocycles. The maximum atomic E-state index is 11.6. The van der Waals surface area contributed by atoms with E-state index < -0.39 is 19.7 Å². The molecule has 0 saturated heterocycles. The molecule has 0 fully saturated rings. The largest absolute Gasteiger partial charge is 0.224 e. The van der Waals surface area contributed by atoms with E-state index in [2.05, 4.69) is 0 Å². The van der Waals surface area contributed by atoms with Crippen LogP contribution in [0.2, 0.25) is 0 Å². The SMILES string of the molecule is CCS(=O)(=O)c1cccc(S(=O)(=O)CC)c1. The van der Waals surface area contributed by atoms with Crippen LogP contribution in [-0.2, 0) is 19.7 Å². The quantitative estimate of drug-likeness (QED) is 0.819. The third-order valence-corrected chi connectivity index (χ3v) is 5.75. The van der Waals surface area contributed by atoms with E-state index in [1.807, 2.05) is 0 Å². The lowest BCUT2D eigenvalue weighted by molar-refractivity contribution is 0.595. The first-order chi connectivity index (χ1) is 7.33. The molecule has 90 valence electrons. The molecule has 0 N–H and O–H groups in total. The van der Waals surface area contributed by atoms with Gasteiger partial charge in [-0.1, -0.05) is 19.9 Å². The Balaban J connectivity index is 3.37. The number of benzene rings is 1. The topological polar surface area (TPSA) is 68.3 Å². The van der Waals surface area contributed by atoms with Crippen molar-refractivity contribution in [3.8, 4) is 0 Å². The van der Waals surface area contributed by atoms with Crippen molar-refractivity contribution in [2.45, 2.75) is 23.6 Å². The fraction of sp³-hybridized carbons (Fsp3) is 0.400. The van der Waals surface area contributed by atoms with Crippen molar-refractivity contribution in [3.05, 3.63) is 24.3 Å². The summed E-state index contributed by atoms with van der Waals surface area (Å²) in [5.41, 5.74) is 0. The molecule has 0 aromatic heterocycles. The summed E-state index contributed by atoms with van der Waals surface area (Å²) in [5.74, 6) is -0.0781. The van der Waals surface area contributed by atoms with Crippen molar-refractivity contribution in [2.24, 2.45) is 0 Å². The van der Waals surface area contributed by atoms with Gasteiger partial charge in [0.15, 0.2) is 19.7 Å². The molecule has 4 nitrogen and oxygen atoms in total. The summed E-state index contributed by atoms with van der Waals surface area (Å²) in [5, 5.41) is 0. The highest BCUT2D eigenvalue weighted by Crippen LogP contribution is 2.17.